The number of nitrogen functional groups attached to an aromatic ring is 1. The van der Waals surface area contributed by atoms with Crippen molar-refractivity contribution >= 4 is 5.69 Å². The molecule has 3 heteroatoms. The molecule has 1 aliphatic rings. The summed E-state index contributed by atoms with van der Waals surface area (Å²) < 4.78 is 0. The second kappa shape index (κ2) is 4.26. The van der Waals surface area contributed by atoms with Crippen LogP contribution in [0.1, 0.15) is 16.8 Å². The van der Waals surface area contributed by atoms with E-state index in [9.17, 15) is 0 Å². The van der Waals surface area contributed by atoms with Gasteiger partial charge in [-0.2, -0.15) is 0 Å². The molecule has 0 amide bonds. The predicted octanol–water partition coefficient (Wildman–Crippen LogP) is 2.16. The van der Waals surface area contributed by atoms with Gasteiger partial charge in [0.05, 0.1) is 0 Å². The summed E-state index contributed by atoms with van der Waals surface area (Å²) in [6.45, 7) is 3.13. The molecule has 1 aromatic carbocycles. The van der Waals surface area contributed by atoms with Crippen LogP contribution in [0.4, 0.5) is 5.69 Å². The van der Waals surface area contributed by atoms with E-state index >= 15 is 0 Å². The molecule has 3 N–H and O–H groups in total. The summed E-state index contributed by atoms with van der Waals surface area (Å²) in [6.07, 6.45) is 3.08. The van der Waals surface area contributed by atoms with Crippen molar-refractivity contribution in [3.63, 3.8) is 0 Å². The van der Waals surface area contributed by atoms with Gasteiger partial charge in [0.15, 0.2) is 0 Å². The molecule has 3 nitrogen and oxygen atoms in total. The molecule has 3 rings (SSSR count). The number of anilines is 1. The summed E-state index contributed by atoms with van der Waals surface area (Å²) in [5.41, 5.74) is 10.8. The molecule has 2 heterocycles. The fourth-order valence-electron chi connectivity index (χ4n) is 2.47. The van der Waals surface area contributed by atoms with E-state index in [0.717, 1.165) is 31.7 Å². The molecule has 1 aliphatic heterocycles. The lowest BCUT2D eigenvalue weighted by atomic mass is 9.99. The summed E-state index contributed by atoms with van der Waals surface area (Å²) in [7, 11) is 0. The Labute approximate surface area is 101 Å². The molecule has 0 aliphatic carbocycles. The van der Waals surface area contributed by atoms with Gasteiger partial charge in [0.1, 0.15) is 0 Å². The van der Waals surface area contributed by atoms with Crippen LogP contribution in [0.25, 0.3) is 0 Å². The van der Waals surface area contributed by atoms with Gasteiger partial charge in [-0.1, -0.05) is 6.07 Å². The van der Waals surface area contributed by atoms with Crippen LogP contribution < -0.4 is 5.73 Å². The summed E-state index contributed by atoms with van der Waals surface area (Å²) in [5.74, 6) is 0. The third kappa shape index (κ3) is 2.19. The van der Waals surface area contributed by atoms with E-state index in [1.807, 2.05) is 18.3 Å². The number of nitrogens with two attached hydrogens (primary N) is 1. The normalized spacial score (nSPS) is 15.8. The number of aromatic amines is 1. The first-order valence-corrected chi connectivity index (χ1v) is 6.03. The Bertz CT molecular complexity index is 502. The highest BCUT2D eigenvalue weighted by Gasteiger charge is 2.16. The van der Waals surface area contributed by atoms with Crippen LogP contribution in [-0.2, 0) is 19.5 Å². The summed E-state index contributed by atoms with van der Waals surface area (Å²) >= 11 is 0. The SMILES string of the molecule is Nc1ccc2c(c1)CCN(Cc1ccc[nH]1)C2. The maximum absolute atomic E-state index is 5.81. The van der Waals surface area contributed by atoms with Crippen LogP contribution in [0.3, 0.4) is 0 Å². The Balaban J connectivity index is 1.74. The predicted molar refractivity (Wildman–Crippen MR) is 69.5 cm³/mol. The zero-order valence-electron chi connectivity index (χ0n) is 9.82. The monoisotopic (exact) mass is 227 g/mol. The van der Waals surface area contributed by atoms with Crippen molar-refractivity contribution in [2.75, 3.05) is 12.3 Å². The highest BCUT2D eigenvalue weighted by Crippen LogP contribution is 2.22. The first-order chi connectivity index (χ1) is 8.31. The van der Waals surface area contributed by atoms with Crippen LogP contribution in [0.5, 0.6) is 0 Å². The molecule has 0 saturated carbocycles. The standard InChI is InChI=1S/C14H17N3/c15-13-4-3-12-9-17(7-5-11(12)8-13)10-14-2-1-6-16-14/h1-4,6,8,16H,5,7,9-10,15H2. The molecule has 0 atom stereocenters. The van der Waals surface area contributed by atoms with Crippen molar-refractivity contribution in [1.82, 2.24) is 9.88 Å². The van der Waals surface area contributed by atoms with E-state index in [1.54, 1.807) is 0 Å². The average molecular weight is 227 g/mol. The van der Waals surface area contributed by atoms with Crippen molar-refractivity contribution in [2.24, 2.45) is 0 Å². The molecular formula is C14H17N3. The Morgan fingerprint density at radius 2 is 2.18 bits per heavy atom. The topological polar surface area (TPSA) is 45.0 Å². The smallest absolute Gasteiger partial charge is 0.0388 e. The van der Waals surface area contributed by atoms with Gasteiger partial charge in [-0.05, 0) is 41.8 Å². The Morgan fingerprint density at radius 3 is 3.00 bits per heavy atom. The summed E-state index contributed by atoms with van der Waals surface area (Å²) in [5, 5.41) is 0. The van der Waals surface area contributed by atoms with Crippen molar-refractivity contribution in [3.8, 4) is 0 Å². The van der Waals surface area contributed by atoms with E-state index in [0.29, 0.717) is 0 Å². The highest BCUT2D eigenvalue weighted by molar-refractivity contribution is 5.45. The molecule has 0 unspecified atom stereocenters. The first-order valence-electron chi connectivity index (χ1n) is 6.03. The zero-order chi connectivity index (χ0) is 11.7. The number of hydrogen-bond donors (Lipinski definition) is 2. The number of nitrogens with zero attached hydrogens (tertiary/aromatic N) is 1. The number of rotatable bonds is 2. The zero-order valence-corrected chi connectivity index (χ0v) is 9.82. The van der Waals surface area contributed by atoms with Crippen molar-refractivity contribution in [3.05, 3.63) is 53.3 Å². The van der Waals surface area contributed by atoms with Crippen molar-refractivity contribution < 1.29 is 0 Å². The van der Waals surface area contributed by atoms with Gasteiger partial charge >= 0.3 is 0 Å². The number of hydrogen-bond acceptors (Lipinski definition) is 2. The molecule has 2 aromatic rings. The molecule has 0 saturated heterocycles. The van der Waals surface area contributed by atoms with Crippen LogP contribution >= 0.6 is 0 Å². The molecule has 1 aromatic heterocycles. The van der Waals surface area contributed by atoms with Crippen molar-refractivity contribution in [2.45, 2.75) is 19.5 Å². The van der Waals surface area contributed by atoms with E-state index in [1.165, 1.54) is 16.8 Å². The Kier molecular flexibility index (Phi) is 2.61. The van der Waals surface area contributed by atoms with Gasteiger partial charge in [-0.3, -0.25) is 4.90 Å². The van der Waals surface area contributed by atoms with Crippen LogP contribution in [0, 0.1) is 0 Å². The average Bonchev–Trinajstić information content (AvgIpc) is 2.82. The minimum absolute atomic E-state index is 0.876. The minimum atomic E-state index is 0.876. The van der Waals surface area contributed by atoms with Gasteiger partial charge < -0.3 is 10.7 Å². The largest absolute Gasteiger partial charge is 0.399 e. The molecule has 0 bridgehead atoms. The summed E-state index contributed by atoms with van der Waals surface area (Å²) in [4.78, 5) is 5.72. The number of aromatic nitrogens is 1. The number of H-pyrrole nitrogens is 1. The molecule has 88 valence electrons. The maximum Gasteiger partial charge on any atom is 0.0388 e. The lowest BCUT2D eigenvalue weighted by Gasteiger charge is -2.28. The van der Waals surface area contributed by atoms with Crippen LogP contribution in [0.15, 0.2) is 36.5 Å². The first kappa shape index (κ1) is 10.4. The van der Waals surface area contributed by atoms with Gasteiger partial charge in [0.2, 0.25) is 0 Å². The maximum atomic E-state index is 5.81. The van der Waals surface area contributed by atoms with Crippen molar-refractivity contribution in [1.29, 1.82) is 0 Å². The molecule has 0 spiro atoms. The van der Waals surface area contributed by atoms with Gasteiger partial charge in [0, 0.05) is 37.2 Å². The molecule has 0 fully saturated rings. The van der Waals surface area contributed by atoms with E-state index in [4.69, 9.17) is 5.73 Å². The summed E-state index contributed by atoms with van der Waals surface area (Å²) in [6, 6.07) is 10.5. The minimum Gasteiger partial charge on any atom is -0.399 e. The fraction of sp³-hybridized carbons (Fsp3) is 0.286. The lowest BCUT2D eigenvalue weighted by Crippen LogP contribution is -2.30. The van der Waals surface area contributed by atoms with Gasteiger partial charge in [-0.15, -0.1) is 0 Å². The third-order valence-electron chi connectivity index (χ3n) is 3.38. The molecular weight excluding hydrogens is 210 g/mol. The highest BCUT2D eigenvalue weighted by atomic mass is 15.1. The lowest BCUT2D eigenvalue weighted by molar-refractivity contribution is 0.243. The van der Waals surface area contributed by atoms with Crippen LogP contribution in [-0.4, -0.2) is 16.4 Å². The van der Waals surface area contributed by atoms with Gasteiger partial charge in [0.25, 0.3) is 0 Å². The quantitative estimate of drug-likeness (QED) is 0.772. The van der Waals surface area contributed by atoms with E-state index in [-0.39, 0.29) is 0 Å². The number of fused-ring (bicyclic) bond motifs is 1. The number of nitrogens with one attached hydrogen (secondary N) is 1. The number of benzene rings is 1. The Hall–Kier alpha value is -1.74. The fourth-order valence-corrected chi connectivity index (χ4v) is 2.47. The molecule has 0 radical (unpaired) electrons. The second-order valence-electron chi connectivity index (χ2n) is 4.68. The van der Waals surface area contributed by atoms with E-state index < -0.39 is 0 Å². The van der Waals surface area contributed by atoms with Crippen LogP contribution in [0.2, 0.25) is 0 Å². The second-order valence-corrected chi connectivity index (χ2v) is 4.68. The third-order valence-corrected chi connectivity index (χ3v) is 3.38. The van der Waals surface area contributed by atoms with E-state index in [2.05, 4.69) is 28.1 Å². The van der Waals surface area contributed by atoms with Gasteiger partial charge in [-0.25, -0.2) is 0 Å². The Morgan fingerprint density at radius 1 is 1.24 bits per heavy atom. The molecule has 17 heavy (non-hydrogen) atoms.